The molecule has 0 bridgehead atoms. The zero-order valence-electron chi connectivity index (χ0n) is 12.7. The summed E-state index contributed by atoms with van der Waals surface area (Å²) in [6.07, 6.45) is 6.96. The van der Waals surface area contributed by atoms with Crippen LogP contribution in [0.3, 0.4) is 0 Å². The molecule has 112 valence electrons. The van der Waals surface area contributed by atoms with Gasteiger partial charge in [-0.3, -0.25) is 0 Å². The summed E-state index contributed by atoms with van der Waals surface area (Å²) in [5.41, 5.74) is 0.725. The molecule has 1 aromatic rings. The van der Waals surface area contributed by atoms with Crippen molar-refractivity contribution >= 4 is 5.82 Å². The molecule has 20 heavy (non-hydrogen) atoms. The van der Waals surface area contributed by atoms with Gasteiger partial charge >= 0.3 is 0 Å². The lowest BCUT2D eigenvalue weighted by Crippen LogP contribution is -2.37. The fourth-order valence-corrected chi connectivity index (χ4v) is 3.23. The van der Waals surface area contributed by atoms with Gasteiger partial charge in [0.05, 0.1) is 5.69 Å². The van der Waals surface area contributed by atoms with E-state index in [0.29, 0.717) is 17.9 Å². The van der Waals surface area contributed by atoms with Gasteiger partial charge in [-0.25, -0.2) is 14.4 Å². The number of aryl methyl sites for hydroxylation is 1. The molecule has 0 aromatic carbocycles. The fraction of sp³-hybridized carbons (Fsp3) is 0.733. The van der Waals surface area contributed by atoms with Gasteiger partial charge in [0.15, 0.2) is 11.6 Å². The number of hydrogen-bond donors (Lipinski definition) is 1. The Morgan fingerprint density at radius 3 is 2.60 bits per heavy atom. The second kappa shape index (κ2) is 6.48. The predicted molar refractivity (Wildman–Crippen MR) is 79.3 cm³/mol. The highest BCUT2D eigenvalue weighted by molar-refractivity contribution is 5.37. The molecule has 2 rings (SSSR count). The highest BCUT2D eigenvalue weighted by Gasteiger charge is 2.34. The minimum atomic E-state index is -0.298. The Morgan fingerprint density at radius 2 is 2.00 bits per heavy atom. The Balaban J connectivity index is 2.06. The highest BCUT2D eigenvalue weighted by atomic mass is 19.1. The Hall–Kier alpha value is -1.23. The molecule has 5 heteroatoms. The van der Waals surface area contributed by atoms with E-state index in [1.165, 1.54) is 32.0 Å². The van der Waals surface area contributed by atoms with Gasteiger partial charge < -0.3 is 10.2 Å². The first-order valence-electron chi connectivity index (χ1n) is 7.44. The van der Waals surface area contributed by atoms with Crippen LogP contribution in [0.25, 0.3) is 0 Å². The summed E-state index contributed by atoms with van der Waals surface area (Å²) < 4.78 is 14.1. The van der Waals surface area contributed by atoms with Crippen molar-refractivity contribution in [3.8, 4) is 0 Å². The molecule has 0 saturated heterocycles. The van der Waals surface area contributed by atoms with Crippen molar-refractivity contribution in [1.82, 2.24) is 14.9 Å². The Bertz CT molecular complexity index is 441. The molecule has 0 aliphatic heterocycles. The minimum absolute atomic E-state index is 0.243. The predicted octanol–water partition coefficient (Wildman–Crippen LogP) is 2.71. The molecule has 1 heterocycles. The van der Waals surface area contributed by atoms with Crippen molar-refractivity contribution < 1.29 is 4.39 Å². The van der Waals surface area contributed by atoms with E-state index < -0.39 is 0 Å². The SMILES string of the molecule is CCc1ncnc(NCC2(CN(C)C)CCCC2)c1F. The second-order valence-electron chi connectivity index (χ2n) is 6.13. The molecule has 1 saturated carbocycles. The van der Waals surface area contributed by atoms with Gasteiger partial charge in [-0.05, 0) is 33.4 Å². The number of nitrogens with zero attached hydrogens (tertiary/aromatic N) is 3. The number of hydrogen-bond acceptors (Lipinski definition) is 4. The molecular formula is C15H25FN4. The third kappa shape index (κ3) is 3.45. The molecule has 4 nitrogen and oxygen atoms in total. The second-order valence-corrected chi connectivity index (χ2v) is 6.13. The quantitative estimate of drug-likeness (QED) is 0.870. The molecule has 1 fully saturated rings. The van der Waals surface area contributed by atoms with Gasteiger partial charge in [0.25, 0.3) is 0 Å². The van der Waals surface area contributed by atoms with E-state index >= 15 is 0 Å². The van der Waals surface area contributed by atoms with E-state index in [1.54, 1.807) is 0 Å². The number of nitrogens with one attached hydrogen (secondary N) is 1. The zero-order valence-corrected chi connectivity index (χ0v) is 12.7. The van der Waals surface area contributed by atoms with Crippen LogP contribution >= 0.6 is 0 Å². The van der Waals surface area contributed by atoms with E-state index in [9.17, 15) is 4.39 Å². The summed E-state index contributed by atoms with van der Waals surface area (Å²) in [7, 11) is 4.20. The standard InChI is InChI=1S/C15H25FN4/c1-4-12-13(16)14(19-11-18-12)17-9-15(10-20(2)3)7-5-6-8-15/h11H,4-10H2,1-3H3,(H,17,18,19). The van der Waals surface area contributed by atoms with Crippen LogP contribution in [-0.2, 0) is 6.42 Å². The van der Waals surface area contributed by atoms with E-state index in [2.05, 4.69) is 34.3 Å². The van der Waals surface area contributed by atoms with E-state index in [4.69, 9.17) is 0 Å². The lowest BCUT2D eigenvalue weighted by Gasteiger charge is -2.32. The average molecular weight is 280 g/mol. The van der Waals surface area contributed by atoms with Gasteiger partial charge in [-0.1, -0.05) is 19.8 Å². The molecule has 0 unspecified atom stereocenters. The monoisotopic (exact) mass is 280 g/mol. The van der Waals surface area contributed by atoms with Crippen LogP contribution in [0.1, 0.15) is 38.3 Å². The first-order valence-corrected chi connectivity index (χ1v) is 7.44. The van der Waals surface area contributed by atoms with E-state index in [-0.39, 0.29) is 11.2 Å². The van der Waals surface area contributed by atoms with Gasteiger partial charge in [0.1, 0.15) is 6.33 Å². The van der Waals surface area contributed by atoms with Crippen molar-refractivity contribution in [3.05, 3.63) is 17.8 Å². The smallest absolute Gasteiger partial charge is 0.186 e. The molecule has 0 amide bonds. The Labute approximate surface area is 120 Å². The van der Waals surface area contributed by atoms with Gasteiger partial charge in [0, 0.05) is 18.5 Å². The summed E-state index contributed by atoms with van der Waals surface area (Å²) in [5, 5.41) is 3.22. The van der Waals surface area contributed by atoms with Crippen LogP contribution in [0.15, 0.2) is 6.33 Å². The van der Waals surface area contributed by atoms with E-state index in [0.717, 1.165) is 13.1 Å². The Morgan fingerprint density at radius 1 is 1.30 bits per heavy atom. The molecule has 0 spiro atoms. The zero-order chi connectivity index (χ0) is 14.6. The third-order valence-electron chi connectivity index (χ3n) is 4.14. The van der Waals surface area contributed by atoms with Crippen LogP contribution < -0.4 is 5.32 Å². The molecule has 1 aliphatic carbocycles. The lowest BCUT2D eigenvalue weighted by atomic mass is 9.85. The molecule has 1 aromatic heterocycles. The number of rotatable bonds is 6. The van der Waals surface area contributed by atoms with Gasteiger partial charge in [-0.2, -0.15) is 0 Å². The number of halogens is 1. The normalized spacial score (nSPS) is 17.6. The molecule has 0 atom stereocenters. The van der Waals surface area contributed by atoms with E-state index in [1.807, 2.05) is 6.92 Å². The first-order chi connectivity index (χ1) is 9.56. The van der Waals surface area contributed by atoms with Crippen molar-refractivity contribution in [2.45, 2.75) is 39.0 Å². The first kappa shape index (κ1) is 15.2. The topological polar surface area (TPSA) is 41.1 Å². The summed E-state index contributed by atoms with van der Waals surface area (Å²) >= 11 is 0. The summed E-state index contributed by atoms with van der Waals surface area (Å²) in [4.78, 5) is 10.2. The van der Waals surface area contributed by atoms with Crippen LogP contribution in [-0.4, -0.2) is 42.1 Å². The van der Waals surface area contributed by atoms with Crippen LogP contribution in [0.5, 0.6) is 0 Å². The molecular weight excluding hydrogens is 255 g/mol. The van der Waals surface area contributed by atoms with Gasteiger partial charge in [0.2, 0.25) is 0 Å². The molecule has 1 N–H and O–H groups in total. The molecule has 0 radical (unpaired) electrons. The van der Waals surface area contributed by atoms with Crippen molar-refractivity contribution in [2.24, 2.45) is 5.41 Å². The average Bonchev–Trinajstić information content (AvgIpc) is 2.85. The van der Waals surface area contributed by atoms with Crippen LogP contribution in [0.4, 0.5) is 10.2 Å². The van der Waals surface area contributed by atoms with Crippen molar-refractivity contribution in [1.29, 1.82) is 0 Å². The largest absolute Gasteiger partial charge is 0.367 e. The van der Waals surface area contributed by atoms with Crippen LogP contribution in [0, 0.1) is 11.2 Å². The number of aromatic nitrogens is 2. The molecule has 1 aliphatic rings. The summed E-state index contributed by atoms with van der Waals surface area (Å²) in [6, 6.07) is 0. The van der Waals surface area contributed by atoms with Crippen LogP contribution in [0.2, 0.25) is 0 Å². The maximum absolute atomic E-state index is 14.1. The highest BCUT2D eigenvalue weighted by Crippen LogP contribution is 2.38. The third-order valence-corrected chi connectivity index (χ3v) is 4.14. The minimum Gasteiger partial charge on any atom is -0.367 e. The maximum Gasteiger partial charge on any atom is 0.186 e. The summed E-state index contributed by atoms with van der Waals surface area (Å²) in [5.74, 6) is 0.0508. The van der Waals surface area contributed by atoms with Crippen molar-refractivity contribution in [2.75, 3.05) is 32.5 Å². The lowest BCUT2D eigenvalue weighted by molar-refractivity contribution is 0.215. The summed E-state index contributed by atoms with van der Waals surface area (Å²) in [6.45, 7) is 3.72. The Kier molecular flexibility index (Phi) is 4.91. The van der Waals surface area contributed by atoms with Gasteiger partial charge in [-0.15, -0.1) is 0 Å². The fourth-order valence-electron chi connectivity index (χ4n) is 3.23. The number of anilines is 1. The maximum atomic E-state index is 14.1. The van der Waals surface area contributed by atoms with Crippen molar-refractivity contribution in [3.63, 3.8) is 0 Å².